The monoisotopic (exact) mass is 298 g/mol. The first kappa shape index (κ1) is 12.9. The lowest BCUT2D eigenvalue weighted by atomic mass is 10.1. The van der Waals surface area contributed by atoms with Crippen molar-refractivity contribution < 1.29 is 9.59 Å². The Bertz CT molecular complexity index is 527. The number of fused-ring (bicyclic) bond motifs is 1. The van der Waals surface area contributed by atoms with Crippen molar-refractivity contribution in [2.24, 2.45) is 0 Å². The fourth-order valence-electron chi connectivity index (χ4n) is 2.54. The van der Waals surface area contributed by atoms with Crippen molar-refractivity contribution in [3.05, 3.63) is 33.3 Å². The molecule has 1 aromatic carbocycles. The van der Waals surface area contributed by atoms with Crippen molar-refractivity contribution in [3.8, 4) is 0 Å². The molecule has 0 radical (unpaired) electrons. The minimum absolute atomic E-state index is 0.287. The summed E-state index contributed by atoms with van der Waals surface area (Å²) in [7, 11) is 0. The number of likely N-dealkylation sites (tertiary alicyclic amines) is 1. The van der Waals surface area contributed by atoms with Gasteiger partial charge < -0.3 is 0 Å². The van der Waals surface area contributed by atoms with Gasteiger partial charge in [-0.1, -0.05) is 23.2 Å². The number of nitrogens with zero attached hydrogens (tertiary/aromatic N) is 2. The van der Waals surface area contributed by atoms with Gasteiger partial charge in [0.25, 0.3) is 11.8 Å². The zero-order valence-corrected chi connectivity index (χ0v) is 11.7. The Labute approximate surface area is 120 Å². The summed E-state index contributed by atoms with van der Waals surface area (Å²) in [6.07, 6.45) is 2.22. The molecule has 1 saturated heterocycles. The van der Waals surface area contributed by atoms with Crippen molar-refractivity contribution >= 4 is 35.0 Å². The summed E-state index contributed by atoms with van der Waals surface area (Å²) in [5.41, 5.74) is 0.692. The molecule has 2 aliphatic rings. The van der Waals surface area contributed by atoms with Gasteiger partial charge in [-0.3, -0.25) is 19.4 Å². The highest BCUT2D eigenvalue weighted by Gasteiger charge is 2.37. The molecule has 2 heterocycles. The van der Waals surface area contributed by atoms with Crippen LogP contribution in [0.25, 0.3) is 0 Å². The van der Waals surface area contributed by atoms with Gasteiger partial charge >= 0.3 is 0 Å². The molecule has 100 valence electrons. The first-order valence-electron chi connectivity index (χ1n) is 6.15. The molecule has 0 spiro atoms. The minimum atomic E-state index is -0.287. The molecule has 0 unspecified atom stereocenters. The van der Waals surface area contributed by atoms with E-state index in [-0.39, 0.29) is 11.8 Å². The van der Waals surface area contributed by atoms with Crippen LogP contribution in [0.1, 0.15) is 33.6 Å². The van der Waals surface area contributed by atoms with Crippen LogP contribution in [-0.2, 0) is 0 Å². The number of amides is 2. The van der Waals surface area contributed by atoms with Gasteiger partial charge in [-0.2, -0.15) is 0 Å². The van der Waals surface area contributed by atoms with Gasteiger partial charge in [-0.25, -0.2) is 0 Å². The topological polar surface area (TPSA) is 40.6 Å². The van der Waals surface area contributed by atoms with Crippen LogP contribution >= 0.6 is 23.2 Å². The van der Waals surface area contributed by atoms with E-state index in [0.717, 1.165) is 25.9 Å². The molecule has 0 bridgehead atoms. The second-order valence-electron chi connectivity index (χ2n) is 4.82. The zero-order chi connectivity index (χ0) is 13.6. The fraction of sp³-hybridized carbons (Fsp3) is 0.385. The van der Waals surface area contributed by atoms with Crippen LogP contribution in [0.2, 0.25) is 10.0 Å². The second kappa shape index (κ2) is 4.78. The van der Waals surface area contributed by atoms with Crippen molar-refractivity contribution in [2.75, 3.05) is 19.8 Å². The van der Waals surface area contributed by atoms with Crippen molar-refractivity contribution in [1.82, 2.24) is 9.80 Å². The second-order valence-corrected chi connectivity index (χ2v) is 5.63. The average molecular weight is 299 g/mol. The molecule has 0 N–H and O–H groups in total. The molecule has 1 aromatic rings. The smallest absolute Gasteiger partial charge is 0.262 e. The molecule has 0 aromatic heterocycles. The quantitative estimate of drug-likeness (QED) is 0.788. The average Bonchev–Trinajstić information content (AvgIpc) is 2.96. The van der Waals surface area contributed by atoms with Gasteiger partial charge in [0, 0.05) is 0 Å². The summed E-state index contributed by atoms with van der Waals surface area (Å²) in [5.74, 6) is -0.573. The summed E-state index contributed by atoms with van der Waals surface area (Å²) >= 11 is 11.8. The molecule has 0 saturated carbocycles. The number of carbonyl (C=O) groups is 2. The maximum Gasteiger partial charge on any atom is 0.262 e. The number of imide groups is 1. The molecular formula is C13H12Cl2N2O2. The Hall–Kier alpha value is -1.10. The number of rotatable bonds is 2. The predicted octanol–water partition coefficient (Wildman–Crippen LogP) is 2.64. The van der Waals surface area contributed by atoms with Crippen LogP contribution < -0.4 is 0 Å². The summed E-state index contributed by atoms with van der Waals surface area (Å²) in [6.45, 7) is 2.20. The summed E-state index contributed by atoms with van der Waals surface area (Å²) < 4.78 is 0. The zero-order valence-electron chi connectivity index (χ0n) is 10.2. The Kier molecular flexibility index (Phi) is 3.25. The first-order valence-corrected chi connectivity index (χ1v) is 6.91. The van der Waals surface area contributed by atoms with E-state index in [1.165, 1.54) is 17.0 Å². The lowest BCUT2D eigenvalue weighted by Crippen LogP contribution is -2.39. The summed E-state index contributed by atoms with van der Waals surface area (Å²) in [6, 6.07) is 2.95. The van der Waals surface area contributed by atoms with E-state index in [2.05, 4.69) is 4.90 Å². The van der Waals surface area contributed by atoms with E-state index in [4.69, 9.17) is 23.2 Å². The molecule has 4 nitrogen and oxygen atoms in total. The Morgan fingerprint density at radius 1 is 0.947 bits per heavy atom. The third kappa shape index (κ3) is 2.14. The predicted molar refractivity (Wildman–Crippen MR) is 72.6 cm³/mol. The number of carbonyl (C=O) groups excluding carboxylic acids is 2. The third-order valence-electron chi connectivity index (χ3n) is 3.55. The highest BCUT2D eigenvalue weighted by molar-refractivity contribution is 6.43. The lowest BCUT2D eigenvalue weighted by Gasteiger charge is -2.21. The SMILES string of the molecule is O=C1c2cc(Cl)c(Cl)cc2C(=O)N1CN1CCCC1. The molecule has 0 atom stereocenters. The van der Waals surface area contributed by atoms with Crippen LogP contribution in [0.15, 0.2) is 12.1 Å². The maximum absolute atomic E-state index is 12.2. The van der Waals surface area contributed by atoms with Crippen LogP contribution in [0.4, 0.5) is 0 Å². The molecule has 6 heteroatoms. The van der Waals surface area contributed by atoms with Crippen LogP contribution in [-0.4, -0.2) is 41.4 Å². The van der Waals surface area contributed by atoms with E-state index in [9.17, 15) is 9.59 Å². The van der Waals surface area contributed by atoms with Gasteiger partial charge in [0.1, 0.15) is 0 Å². The van der Waals surface area contributed by atoms with E-state index >= 15 is 0 Å². The van der Waals surface area contributed by atoms with E-state index < -0.39 is 0 Å². The van der Waals surface area contributed by atoms with E-state index in [0.29, 0.717) is 27.8 Å². The summed E-state index contributed by atoms with van der Waals surface area (Å²) in [5, 5.41) is 0.592. The minimum Gasteiger partial charge on any atom is -0.286 e. The largest absolute Gasteiger partial charge is 0.286 e. The van der Waals surface area contributed by atoms with Gasteiger partial charge in [-0.05, 0) is 38.1 Å². The highest BCUT2D eigenvalue weighted by Crippen LogP contribution is 2.31. The maximum atomic E-state index is 12.2. The number of halogens is 2. The molecule has 0 aliphatic carbocycles. The van der Waals surface area contributed by atoms with Gasteiger partial charge in [0.05, 0.1) is 27.8 Å². The molecule has 2 aliphatic heterocycles. The number of hydrogen-bond acceptors (Lipinski definition) is 3. The van der Waals surface area contributed by atoms with Gasteiger partial charge in [-0.15, -0.1) is 0 Å². The normalized spacial score (nSPS) is 19.4. The standard InChI is InChI=1S/C13H12Cl2N2O2/c14-10-5-8-9(6-11(10)15)13(19)17(12(8)18)7-16-3-1-2-4-16/h5-6H,1-4,7H2. The van der Waals surface area contributed by atoms with E-state index in [1.54, 1.807) is 0 Å². The molecule has 2 amide bonds. The Balaban J connectivity index is 1.90. The summed E-state index contributed by atoms with van der Waals surface area (Å²) in [4.78, 5) is 27.8. The third-order valence-corrected chi connectivity index (χ3v) is 4.27. The van der Waals surface area contributed by atoms with Crippen LogP contribution in [0, 0.1) is 0 Å². The highest BCUT2D eigenvalue weighted by atomic mass is 35.5. The molecule has 3 rings (SSSR count). The molecule has 1 fully saturated rings. The van der Waals surface area contributed by atoms with Gasteiger partial charge in [0.2, 0.25) is 0 Å². The van der Waals surface area contributed by atoms with Crippen molar-refractivity contribution in [2.45, 2.75) is 12.8 Å². The van der Waals surface area contributed by atoms with Crippen LogP contribution in [0.3, 0.4) is 0 Å². The van der Waals surface area contributed by atoms with Crippen LogP contribution in [0.5, 0.6) is 0 Å². The first-order chi connectivity index (χ1) is 9.08. The fourth-order valence-corrected chi connectivity index (χ4v) is 2.86. The molecular weight excluding hydrogens is 287 g/mol. The van der Waals surface area contributed by atoms with Crippen molar-refractivity contribution in [3.63, 3.8) is 0 Å². The van der Waals surface area contributed by atoms with E-state index in [1.807, 2.05) is 0 Å². The molecule has 19 heavy (non-hydrogen) atoms. The number of hydrogen-bond donors (Lipinski definition) is 0. The Morgan fingerprint density at radius 2 is 1.42 bits per heavy atom. The number of benzene rings is 1. The van der Waals surface area contributed by atoms with Crippen molar-refractivity contribution in [1.29, 1.82) is 0 Å². The van der Waals surface area contributed by atoms with Gasteiger partial charge in [0.15, 0.2) is 0 Å². The Morgan fingerprint density at radius 3 is 1.89 bits per heavy atom. The lowest BCUT2D eigenvalue weighted by molar-refractivity contribution is 0.0564.